The fraction of sp³-hybridized carbons (Fsp3) is 0. The lowest BCUT2D eigenvalue weighted by molar-refractivity contribution is 0.669. The SMILES string of the molecule is c1ccc(-c2nc(-c3ccc4ccccc4c3)nc(-c3cc(-c4cc5c6c(cccc6c4)-c4ccccc4-5)cc4oc5ccccc5c34)n2)cc1. The molecule has 4 nitrogen and oxygen atoms in total. The summed E-state index contributed by atoms with van der Waals surface area (Å²) in [4.78, 5) is 15.5. The van der Waals surface area contributed by atoms with Crippen LogP contribution in [0.25, 0.3) is 111 Å². The molecular formula is C47H27N3O. The lowest BCUT2D eigenvalue weighted by Gasteiger charge is -2.12. The van der Waals surface area contributed by atoms with E-state index in [9.17, 15) is 0 Å². The first-order valence-electron chi connectivity index (χ1n) is 17.2. The van der Waals surface area contributed by atoms with Crippen LogP contribution < -0.4 is 0 Å². The Morgan fingerprint density at radius 3 is 1.82 bits per heavy atom. The van der Waals surface area contributed by atoms with E-state index in [2.05, 4.69) is 121 Å². The van der Waals surface area contributed by atoms with Crippen LogP contribution in [-0.4, -0.2) is 15.0 Å². The molecule has 236 valence electrons. The second-order valence-corrected chi connectivity index (χ2v) is 13.2. The van der Waals surface area contributed by atoms with Crippen LogP contribution in [0.2, 0.25) is 0 Å². The van der Waals surface area contributed by atoms with Gasteiger partial charge in [-0.3, -0.25) is 0 Å². The summed E-state index contributed by atoms with van der Waals surface area (Å²) in [5, 5.41) is 6.84. The quantitative estimate of drug-likeness (QED) is 0.190. The highest BCUT2D eigenvalue weighted by Crippen LogP contribution is 2.49. The van der Waals surface area contributed by atoms with Gasteiger partial charge in [0, 0.05) is 27.5 Å². The minimum atomic E-state index is 0.600. The van der Waals surface area contributed by atoms with Crippen molar-refractivity contribution in [2.24, 2.45) is 0 Å². The van der Waals surface area contributed by atoms with Gasteiger partial charge in [0.25, 0.3) is 0 Å². The number of nitrogens with zero attached hydrogens (tertiary/aromatic N) is 3. The van der Waals surface area contributed by atoms with E-state index in [-0.39, 0.29) is 0 Å². The Hall–Kier alpha value is -6.91. The van der Waals surface area contributed by atoms with Crippen molar-refractivity contribution in [3.05, 3.63) is 164 Å². The van der Waals surface area contributed by atoms with Gasteiger partial charge in [0.2, 0.25) is 0 Å². The predicted octanol–water partition coefficient (Wildman–Crippen LogP) is 12.4. The van der Waals surface area contributed by atoms with Gasteiger partial charge < -0.3 is 4.42 Å². The smallest absolute Gasteiger partial charge is 0.164 e. The summed E-state index contributed by atoms with van der Waals surface area (Å²) >= 11 is 0. The topological polar surface area (TPSA) is 51.8 Å². The van der Waals surface area contributed by atoms with Crippen LogP contribution in [0.4, 0.5) is 0 Å². The van der Waals surface area contributed by atoms with Crippen molar-refractivity contribution in [1.82, 2.24) is 15.0 Å². The third kappa shape index (κ3) is 4.37. The van der Waals surface area contributed by atoms with Crippen LogP contribution in [0.15, 0.2) is 168 Å². The minimum Gasteiger partial charge on any atom is -0.456 e. The molecule has 10 aromatic rings. The fourth-order valence-corrected chi connectivity index (χ4v) is 7.85. The fourth-order valence-electron chi connectivity index (χ4n) is 7.85. The number of fused-ring (bicyclic) bond motifs is 7. The number of rotatable bonds is 4. The second-order valence-electron chi connectivity index (χ2n) is 13.2. The van der Waals surface area contributed by atoms with Gasteiger partial charge in [-0.25, -0.2) is 15.0 Å². The first-order valence-corrected chi connectivity index (χ1v) is 17.2. The van der Waals surface area contributed by atoms with Gasteiger partial charge >= 0.3 is 0 Å². The number of benzene rings is 8. The molecule has 0 fully saturated rings. The van der Waals surface area contributed by atoms with E-state index < -0.39 is 0 Å². The van der Waals surface area contributed by atoms with Gasteiger partial charge in [0.1, 0.15) is 11.2 Å². The third-order valence-corrected chi connectivity index (χ3v) is 10.2. The molecule has 0 N–H and O–H groups in total. The normalized spacial score (nSPS) is 11.9. The van der Waals surface area contributed by atoms with Gasteiger partial charge in [-0.05, 0) is 91.3 Å². The first-order chi connectivity index (χ1) is 25.2. The molecule has 0 bridgehead atoms. The molecule has 0 saturated heterocycles. The summed E-state index contributed by atoms with van der Waals surface area (Å²) in [6, 6.07) is 57.4. The van der Waals surface area contributed by atoms with Crippen molar-refractivity contribution in [1.29, 1.82) is 0 Å². The summed E-state index contributed by atoms with van der Waals surface area (Å²) < 4.78 is 6.59. The summed E-state index contributed by atoms with van der Waals surface area (Å²) in [6.07, 6.45) is 0. The van der Waals surface area contributed by atoms with Crippen LogP contribution >= 0.6 is 0 Å². The van der Waals surface area contributed by atoms with Gasteiger partial charge in [0.05, 0.1) is 0 Å². The Kier molecular flexibility index (Phi) is 5.92. The van der Waals surface area contributed by atoms with Crippen LogP contribution in [0.3, 0.4) is 0 Å². The maximum absolute atomic E-state index is 6.59. The number of hydrogen-bond donors (Lipinski definition) is 0. The third-order valence-electron chi connectivity index (χ3n) is 10.2. The molecule has 1 aliphatic carbocycles. The zero-order valence-corrected chi connectivity index (χ0v) is 27.3. The Labute approximate surface area is 293 Å². The zero-order chi connectivity index (χ0) is 33.5. The van der Waals surface area contributed by atoms with Crippen LogP contribution in [0, 0.1) is 0 Å². The Balaban J connectivity index is 1.19. The van der Waals surface area contributed by atoms with E-state index in [1.54, 1.807) is 0 Å². The minimum absolute atomic E-state index is 0.600. The van der Waals surface area contributed by atoms with Gasteiger partial charge in [-0.1, -0.05) is 127 Å². The summed E-state index contributed by atoms with van der Waals surface area (Å²) in [6.45, 7) is 0. The van der Waals surface area contributed by atoms with Crippen molar-refractivity contribution < 1.29 is 4.42 Å². The molecule has 4 heteroatoms. The molecule has 0 aliphatic heterocycles. The highest BCUT2D eigenvalue weighted by Gasteiger charge is 2.24. The molecule has 11 rings (SSSR count). The maximum Gasteiger partial charge on any atom is 0.164 e. The maximum atomic E-state index is 6.59. The average Bonchev–Trinajstić information content (AvgIpc) is 3.74. The van der Waals surface area contributed by atoms with Crippen LogP contribution in [0.1, 0.15) is 0 Å². The lowest BCUT2D eigenvalue weighted by atomic mass is 9.93. The standard InChI is InChI=1S/C47H27N3O/c1-2-12-29(13-3-1)45-48-46(32-22-21-28-11-4-5-14-30(28)23-32)50-47(49-45)40-26-34(27-42-44(40)38-18-8-9-20-41(38)51-42)33-24-31-15-10-19-37-35-16-6-7-17-36(35)39(25-33)43(31)37/h1-27H. The summed E-state index contributed by atoms with van der Waals surface area (Å²) in [5.74, 6) is 1.85. The molecule has 1 aliphatic rings. The Morgan fingerprint density at radius 2 is 0.941 bits per heavy atom. The zero-order valence-electron chi connectivity index (χ0n) is 27.3. The predicted molar refractivity (Wildman–Crippen MR) is 208 cm³/mol. The highest BCUT2D eigenvalue weighted by molar-refractivity contribution is 6.17. The molecule has 0 atom stereocenters. The van der Waals surface area contributed by atoms with E-state index in [1.807, 2.05) is 42.5 Å². The van der Waals surface area contributed by atoms with Crippen LogP contribution in [0.5, 0.6) is 0 Å². The second kappa shape index (κ2) is 10.8. The molecular weight excluding hydrogens is 623 g/mol. The summed E-state index contributed by atoms with van der Waals surface area (Å²) in [7, 11) is 0. The molecule has 51 heavy (non-hydrogen) atoms. The molecule has 8 aromatic carbocycles. The largest absolute Gasteiger partial charge is 0.456 e. The van der Waals surface area contributed by atoms with Crippen molar-refractivity contribution in [2.45, 2.75) is 0 Å². The van der Waals surface area contributed by atoms with E-state index in [0.29, 0.717) is 17.5 Å². The van der Waals surface area contributed by atoms with E-state index in [1.165, 1.54) is 38.4 Å². The molecule has 0 saturated carbocycles. The molecule has 0 spiro atoms. The van der Waals surface area contributed by atoms with Crippen molar-refractivity contribution >= 4 is 43.5 Å². The van der Waals surface area contributed by atoms with Crippen molar-refractivity contribution in [2.75, 3.05) is 0 Å². The van der Waals surface area contributed by atoms with E-state index >= 15 is 0 Å². The first kappa shape index (κ1) is 28.0. The molecule has 2 aromatic heterocycles. The summed E-state index contributed by atoms with van der Waals surface area (Å²) in [5.41, 5.74) is 11.6. The lowest BCUT2D eigenvalue weighted by Crippen LogP contribution is -2.00. The Morgan fingerprint density at radius 1 is 0.314 bits per heavy atom. The van der Waals surface area contributed by atoms with Crippen molar-refractivity contribution in [3.8, 4) is 67.5 Å². The monoisotopic (exact) mass is 649 g/mol. The molecule has 0 radical (unpaired) electrons. The van der Waals surface area contributed by atoms with Gasteiger partial charge in [0.15, 0.2) is 17.5 Å². The number of aromatic nitrogens is 3. The number of furan rings is 1. The van der Waals surface area contributed by atoms with Crippen LogP contribution in [-0.2, 0) is 0 Å². The average molecular weight is 650 g/mol. The molecule has 0 amide bonds. The Bertz CT molecular complexity index is 3030. The van der Waals surface area contributed by atoms with Gasteiger partial charge in [-0.2, -0.15) is 0 Å². The van der Waals surface area contributed by atoms with E-state index in [4.69, 9.17) is 19.4 Å². The van der Waals surface area contributed by atoms with Crippen molar-refractivity contribution in [3.63, 3.8) is 0 Å². The highest BCUT2D eigenvalue weighted by atomic mass is 16.3. The molecule has 2 heterocycles. The number of para-hydroxylation sites is 1. The molecule has 0 unspecified atom stereocenters. The number of hydrogen-bond acceptors (Lipinski definition) is 4. The van der Waals surface area contributed by atoms with E-state index in [0.717, 1.165) is 55.1 Å². The van der Waals surface area contributed by atoms with Gasteiger partial charge in [-0.15, -0.1) is 0 Å².